The molecule has 0 fully saturated rings. The zero-order chi connectivity index (χ0) is 13.5. The molecule has 18 heavy (non-hydrogen) atoms. The van der Waals surface area contributed by atoms with Gasteiger partial charge in [-0.3, -0.25) is 0 Å². The number of nitrogens with one attached hydrogen (secondary N) is 1. The highest BCUT2D eigenvalue weighted by molar-refractivity contribution is 7.99. The zero-order valence-corrected chi connectivity index (χ0v) is 12.5. The van der Waals surface area contributed by atoms with Gasteiger partial charge in [0.2, 0.25) is 5.95 Å². The van der Waals surface area contributed by atoms with E-state index < -0.39 is 0 Å². The van der Waals surface area contributed by atoms with Crippen molar-refractivity contribution in [2.24, 2.45) is 5.92 Å². The molecule has 0 aliphatic carbocycles. The minimum absolute atomic E-state index is 0.391. The summed E-state index contributed by atoms with van der Waals surface area (Å²) in [5.41, 5.74) is 0. The average molecular weight is 270 g/mol. The van der Waals surface area contributed by atoms with Gasteiger partial charge in [0.25, 0.3) is 0 Å². The number of hydrogen-bond donors (Lipinski definition) is 1. The fourth-order valence-electron chi connectivity index (χ4n) is 1.12. The van der Waals surface area contributed by atoms with E-state index in [1.165, 1.54) is 0 Å². The predicted octanol–water partition coefficient (Wildman–Crippen LogP) is 2.84. The maximum Gasteiger partial charge on any atom is 0.322 e. The second-order valence-corrected chi connectivity index (χ2v) is 5.60. The van der Waals surface area contributed by atoms with E-state index in [2.05, 4.69) is 41.0 Å². The van der Waals surface area contributed by atoms with Gasteiger partial charge in [0.05, 0.1) is 6.61 Å². The predicted molar refractivity (Wildman–Crippen MR) is 75.3 cm³/mol. The summed E-state index contributed by atoms with van der Waals surface area (Å²) in [6.45, 7) is 11.8. The number of thioether (sulfide) groups is 1. The second-order valence-electron chi connectivity index (χ2n) is 4.25. The van der Waals surface area contributed by atoms with Gasteiger partial charge in [0, 0.05) is 11.8 Å². The molecule has 0 saturated heterocycles. The van der Waals surface area contributed by atoms with E-state index in [0.717, 1.165) is 6.54 Å². The number of rotatable bonds is 7. The molecule has 0 aliphatic heterocycles. The molecule has 0 radical (unpaired) electrons. The largest absolute Gasteiger partial charge is 0.464 e. The van der Waals surface area contributed by atoms with E-state index in [1.54, 1.807) is 11.8 Å². The molecule has 0 spiro atoms. The van der Waals surface area contributed by atoms with Gasteiger partial charge in [0.1, 0.15) is 0 Å². The molecule has 1 aromatic rings. The summed E-state index contributed by atoms with van der Waals surface area (Å²) in [5, 5.41) is 4.26. The normalized spacial score (nSPS) is 12.6. The summed E-state index contributed by atoms with van der Waals surface area (Å²) < 4.78 is 5.36. The van der Waals surface area contributed by atoms with Crippen LogP contribution in [-0.4, -0.2) is 33.4 Å². The summed E-state index contributed by atoms with van der Waals surface area (Å²) in [4.78, 5) is 12.9. The molecule has 0 saturated carbocycles. The molecule has 1 heterocycles. The molecule has 0 bridgehead atoms. The number of ether oxygens (including phenoxy) is 1. The van der Waals surface area contributed by atoms with E-state index >= 15 is 0 Å². The fraction of sp³-hybridized carbons (Fsp3) is 0.750. The van der Waals surface area contributed by atoms with Gasteiger partial charge < -0.3 is 10.1 Å². The average Bonchev–Trinajstić information content (AvgIpc) is 2.29. The Morgan fingerprint density at radius 3 is 2.44 bits per heavy atom. The van der Waals surface area contributed by atoms with Crippen molar-refractivity contribution in [3.63, 3.8) is 0 Å². The molecule has 1 unspecified atom stereocenters. The van der Waals surface area contributed by atoms with Crippen LogP contribution in [0.5, 0.6) is 6.01 Å². The lowest BCUT2D eigenvalue weighted by Crippen LogP contribution is -2.10. The van der Waals surface area contributed by atoms with Crippen molar-refractivity contribution in [1.82, 2.24) is 15.0 Å². The Hall–Kier alpha value is -1.04. The van der Waals surface area contributed by atoms with Gasteiger partial charge in [0.15, 0.2) is 5.16 Å². The number of nitrogens with zero attached hydrogens (tertiary/aromatic N) is 3. The van der Waals surface area contributed by atoms with Crippen LogP contribution in [-0.2, 0) is 0 Å². The lowest BCUT2D eigenvalue weighted by atomic mass is 10.2. The smallest absolute Gasteiger partial charge is 0.322 e. The standard InChI is InChI=1S/C12H22N4OS/c1-6-13-10-14-11(17-7-2)16-12(15-10)18-9(5)8(3)4/h8-9H,6-7H2,1-5H3,(H,13,14,15,16). The molecule has 0 amide bonds. The van der Waals surface area contributed by atoms with Gasteiger partial charge in [-0.25, -0.2) is 0 Å². The molecule has 1 aromatic heterocycles. The Balaban J connectivity index is 2.87. The lowest BCUT2D eigenvalue weighted by Gasteiger charge is -2.14. The van der Waals surface area contributed by atoms with E-state index in [4.69, 9.17) is 4.74 Å². The Labute approximate surface area is 113 Å². The monoisotopic (exact) mass is 270 g/mol. The molecule has 6 heteroatoms. The first-order chi connectivity index (χ1) is 8.56. The Morgan fingerprint density at radius 2 is 1.89 bits per heavy atom. The third-order valence-corrected chi connectivity index (χ3v) is 3.74. The van der Waals surface area contributed by atoms with Crippen LogP contribution in [0.15, 0.2) is 5.16 Å². The van der Waals surface area contributed by atoms with Gasteiger partial charge >= 0.3 is 6.01 Å². The van der Waals surface area contributed by atoms with Crippen molar-refractivity contribution >= 4 is 17.7 Å². The lowest BCUT2D eigenvalue weighted by molar-refractivity contribution is 0.308. The van der Waals surface area contributed by atoms with Crippen molar-refractivity contribution in [2.75, 3.05) is 18.5 Å². The molecule has 102 valence electrons. The maximum atomic E-state index is 5.36. The third kappa shape index (κ3) is 4.68. The topological polar surface area (TPSA) is 59.9 Å². The second kappa shape index (κ2) is 7.41. The van der Waals surface area contributed by atoms with Crippen LogP contribution in [0.2, 0.25) is 0 Å². The minimum atomic E-state index is 0.391. The summed E-state index contributed by atoms with van der Waals surface area (Å²) in [5.74, 6) is 1.15. The first-order valence-corrected chi connectivity index (χ1v) is 7.24. The first-order valence-electron chi connectivity index (χ1n) is 6.36. The van der Waals surface area contributed by atoms with Crippen LogP contribution in [0.25, 0.3) is 0 Å². The van der Waals surface area contributed by atoms with Crippen LogP contribution < -0.4 is 10.1 Å². The summed E-state index contributed by atoms with van der Waals surface area (Å²) in [7, 11) is 0. The summed E-state index contributed by atoms with van der Waals surface area (Å²) >= 11 is 1.65. The van der Waals surface area contributed by atoms with E-state index in [-0.39, 0.29) is 0 Å². The highest BCUT2D eigenvalue weighted by atomic mass is 32.2. The minimum Gasteiger partial charge on any atom is -0.464 e. The Bertz CT molecular complexity index is 349. The zero-order valence-electron chi connectivity index (χ0n) is 11.7. The highest BCUT2D eigenvalue weighted by Gasteiger charge is 2.13. The SMILES string of the molecule is CCNc1nc(OCC)nc(SC(C)C(C)C)n1. The molecular formula is C12H22N4OS. The summed E-state index contributed by atoms with van der Waals surface area (Å²) in [6.07, 6.45) is 0. The molecule has 5 nitrogen and oxygen atoms in total. The number of hydrogen-bond acceptors (Lipinski definition) is 6. The van der Waals surface area contributed by atoms with Crippen molar-refractivity contribution in [3.8, 4) is 6.01 Å². The Kier molecular flexibility index (Phi) is 6.18. The van der Waals surface area contributed by atoms with E-state index in [1.807, 2.05) is 13.8 Å². The van der Waals surface area contributed by atoms with Crippen LogP contribution in [0, 0.1) is 5.92 Å². The van der Waals surface area contributed by atoms with E-state index in [0.29, 0.717) is 34.9 Å². The van der Waals surface area contributed by atoms with Crippen molar-refractivity contribution < 1.29 is 4.74 Å². The van der Waals surface area contributed by atoms with Crippen LogP contribution >= 0.6 is 11.8 Å². The highest BCUT2D eigenvalue weighted by Crippen LogP contribution is 2.26. The third-order valence-electron chi connectivity index (χ3n) is 2.43. The van der Waals surface area contributed by atoms with Crippen LogP contribution in [0.3, 0.4) is 0 Å². The Morgan fingerprint density at radius 1 is 1.17 bits per heavy atom. The van der Waals surface area contributed by atoms with Gasteiger partial charge in [-0.05, 0) is 19.8 Å². The molecular weight excluding hydrogens is 248 g/mol. The van der Waals surface area contributed by atoms with Crippen molar-refractivity contribution in [2.45, 2.75) is 45.0 Å². The quantitative estimate of drug-likeness (QED) is 0.769. The van der Waals surface area contributed by atoms with Crippen LogP contribution in [0.4, 0.5) is 5.95 Å². The van der Waals surface area contributed by atoms with Crippen molar-refractivity contribution in [3.05, 3.63) is 0 Å². The fourth-order valence-corrected chi connectivity index (χ4v) is 2.00. The molecule has 1 N–H and O–H groups in total. The van der Waals surface area contributed by atoms with Crippen LogP contribution in [0.1, 0.15) is 34.6 Å². The molecule has 0 aromatic carbocycles. The number of anilines is 1. The van der Waals surface area contributed by atoms with Crippen molar-refractivity contribution in [1.29, 1.82) is 0 Å². The first kappa shape index (κ1) is 15.0. The van der Waals surface area contributed by atoms with E-state index in [9.17, 15) is 0 Å². The molecule has 0 aliphatic rings. The number of aromatic nitrogens is 3. The van der Waals surface area contributed by atoms with Gasteiger partial charge in [-0.15, -0.1) is 0 Å². The van der Waals surface area contributed by atoms with Gasteiger partial charge in [-0.1, -0.05) is 32.5 Å². The molecule has 1 atom stereocenters. The maximum absolute atomic E-state index is 5.36. The summed E-state index contributed by atoms with van der Waals surface area (Å²) in [6, 6.07) is 0.391. The molecule has 1 rings (SSSR count). The van der Waals surface area contributed by atoms with Gasteiger partial charge in [-0.2, -0.15) is 15.0 Å².